The van der Waals surface area contributed by atoms with Crippen LogP contribution in [0.1, 0.15) is 12.5 Å². The molecule has 1 aliphatic heterocycles. The molecule has 7 heteroatoms. The summed E-state index contributed by atoms with van der Waals surface area (Å²) < 4.78 is 24.4. The van der Waals surface area contributed by atoms with Crippen molar-refractivity contribution in [1.29, 1.82) is 5.26 Å². The van der Waals surface area contributed by atoms with Gasteiger partial charge in [-0.3, -0.25) is 0 Å². The molecule has 2 rings (SSSR count). The van der Waals surface area contributed by atoms with Crippen molar-refractivity contribution in [3.8, 4) is 6.07 Å². The molecule has 20 heavy (non-hydrogen) atoms. The zero-order valence-corrected chi connectivity index (χ0v) is 12.9. The first-order chi connectivity index (χ1) is 9.49. The Bertz CT molecular complexity index is 638. The van der Waals surface area contributed by atoms with Crippen LogP contribution in [-0.4, -0.2) is 37.6 Å². The number of anilines is 2. The van der Waals surface area contributed by atoms with Crippen LogP contribution in [0, 0.1) is 11.3 Å². The summed E-state index contributed by atoms with van der Waals surface area (Å²) in [5, 5.41) is 8.52. The Balaban J connectivity index is 2.41. The van der Waals surface area contributed by atoms with Gasteiger partial charge >= 0.3 is 0 Å². The van der Waals surface area contributed by atoms with Crippen molar-refractivity contribution in [2.24, 2.45) is 0 Å². The summed E-state index contributed by atoms with van der Waals surface area (Å²) >= 11 is 1.65. The van der Waals surface area contributed by atoms with Gasteiger partial charge in [0.25, 0.3) is 0 Å². The summed E-state index contributed by atoms with van der Waals surface area (Å²) in [6, 6.07) is 7.15. The van der Waals surface area contributed by atoms with Crippen molar-refractivity contribution < 1.29 is 8.42 Å². The van der Waals surface area contributed by atoms with Gasteiger partial charge in [-0.05, 0) is 18.2 Å². The molecule has 0 radical (unpaired) electrons. The highest BCUT2D eigenvalue weighted by Gasteiger charge is 2.33. The van der Waals surface area contributed by atoms with Gasteiger partial charge in [0.1, 0.15) is 11.4 Å². The van der Waals surface area contributed by atoms with E-state index in [1.807, 2.05) is 11.0 Å². The van der Waals surface area contributed by atoms with Gasteiger partial charge in [-0.15, -0.1) is 0 Å². The van der Waals surface area contributed by atoms with E-state index in [4.69, 9.17) is 11.0 Å². The first kappa shape index (κ1) is 15.0. The number of sulfone groups is 1. The lowest BCUT2D eigenvalue weighted by Gasteiger charge is -2.36. The van der Waals surface area contributed by atoms with E-state index in [1.165, 1.54) is 0 Å². The minimum Gasteiger partial charge on any atom is -0.398 e. The first-order valence-corrected chi connectivity index (χ1v) is 9.22. The van der Waals surface area contributed by atoms with Gasteiger partial charge in [-0.1, -0.05) is 6.92 Å². The van der Waals surface area contributed by atoms with E-state index < -0.39 is 15.2 Å². The highest BCUT2D eigenvalue weighted by Crippen LogP contribution is 2.29. The third-order valence-corrected chi connectivity index (χ3v) is 6.68. The second-order valence-electron chi connectivity index (χ2n) is 4.56. The minimum absolute atomic E-state index is 0.120. The maximum atomic E-state index is 12.2. The zero-order chi connectivity index (χ0) is 14.8. The number of nitrogens with two attached hydrogens (primary N) is 1. The van der Waals surface area contributed by atoms with E-state index in [2.05, 4.69) is 0 Å². The molecule has 0 aliphatic carbocycles. The van der Waals surface area contributed by atoms with E-state index in [1.54, 1.807) is 36.9 Å². The van der Waals surface area contributed by atoms with E-state index in [0.717, 1.165) is 11.4 Å². The summed E-state index contributed by atoms with van der Waals surface area (Å²) in [7, 11) is -3.16. The third kappa shape index (κ3) is 2.86. The smallest absolute Gasteiger partial charge is 0.171 e. The Morgan fingerprint density at radius 2 is 2.30 bits per heavy atom. The Kier molecular flexibility index (Phi) is 4.45. The number of nitrogens with zero attached hydrogens (tertiary/aromatic N) is 2. The number of hydrogen-bond donors (Lipinski definition) is 1. The molecule has 1 aliphatic rings. The van der Waals surface area contributed by atoms with E-state index in [9.17, 15) is 8.42 Å². The fourth-order valence-corrected chi connectivity index (χ4v) is 5.18. The number of nitriles is 1. The molecule has 5 nitrogen and oxygen atoms in total. The maximum absolute atomic E-state index is 12.2. The van der Waals surface area contributed by atoms with Crippen molar-refractivity contribution >= 4 is 33.0 Å². The summed E-state index contributed by atoms with van der Waals surface area (Å²) in [4.78, 5) is 1.87. The molecule has 0 aromatic heterocycles. The Hall–Kier alpha value is -1.39. The molecule has 0 spiro atoms. The summed E-state index contributed by atoms with van der Waals surface area (Å²) in [6.45, 7) is 2.32. The normalized spacial score (nSPS) is 19.6. The van der Waals surface area contributed by atoms with Gasteiger partial charge in [0.15, 0.2) is 9.84 Å². The lowest BCUT2D eigenvalue weighted by molar-refractivity contribution is 0.579. The fourth-order valence-electron chi connectivity index (χ4n) is 2.19. The monoisotopic (exact) mass is 311 g/mol. The van der Waals surface area contributed by atoms with Crippen molar-refractivity contribution in [2.45, 2.75) is 12.3 Å². The zero-order valence-electron chi connectivity index (χ0n) is 11.2. The molecule has 1 atom stereocenters. The molecule has 1 heterocycles. The third-order valence-electron chi connectivity index (χ3n) is 3.39. The average molecular weight is 311 g/mol. The summed E-state index contributed by atoms with van der Waals surface area (Å²) in [6.07, 6.45) is 0. The van der Waals surface area contributed by atoms with Crippen LogP contribution < -0.4 is 10.6 Å². The van der Waals surface area contributed by atoms with Crippen molar-refractivity contribution in [3.63, 3.8) is 0 Å². The van der Waals surface area contributed by atoms with Crippen LogP contribution in [-0.2, 0) is 9.84 Å². The number of thioether (sulfide) groups is 1. The molecule has 1 fully saturated rings. The Morgan fingerprint density at radius 3 is 2.95 bits per heavy atom. The van der Waals surface area contributed by atoms with Gasteiger partial charge in [0, 0.05) is 35.2 Å². The number of rotatable bonds is 3. The lowest BCUT2D eigenvalue weighted by Crippen LogP contribution is -2.48. The topological polar surface area (TPSA) is 87.2 Å². The molecule has 1 aromatic carbocycles. The van der Waals surface area contributed by atoms with Crippen molar-refractivity contribution in [3.05, 3.63) is 23.8 Å². The van der Waals surface area contributed by atoms with E-state index in [0.29, 0.717) is 23.5 Å². The Labute approximate surface area is 123 Å². The SMILES string of the molecule is CCS(=O)(=O)C1CSCCN1c1ccc(N)c(C#N)c1. The first-order valence-electron chi connectivity index (χ1n) is 6.35. The van der Waals surface area contributed by atoms with Gasteiger partial charge in [-0.25, -0.2) is 8.42 Å². The molecular formula is C13H17N3O2S2. The number of hydrogen-bond acceptors (Lipinski definition) is 6. The molecule has 2 N–H and O–H groups in total. The van der Waals surface area contributed by atoms with Crippen LogP contribution in [0.4, 0.5) is 11.4 Å². The summed E-state index contributed by atoms with van der Waals surface area (Å²) in [5.74, 6) is 1.55. The molecule has 0 amide bonds. The maximum Gasteiger partial charge on any atom is 0.171 e. The van der Waals surface area contributed by atoms with Crippen LogP contribution in [0.3, 0.4) is 0 Å². The highest BCUT2D eigenvalue weighted by molar-refractivity contribution is 8.01. The molecule has 108 valence electrons. The van der Waals surface area contributed by atoms with E-state index in [-0.39, 0.29) is 5.75 Å². The Morgan fingerprint density at radius 1 is 1.55 bits per heavy atom. The second-order valence-corrected chi connectivity index (χ2v) is 8.15. The van der Waals surface area contributed by atoms with Crippen LogP contribution >= 0.6 is 11.8 Å². The molecule has 1 saturated heterocycles. The van der Waals surface area contributed by atoms with Gasteiger partial charge in [0.05, 0.1) is 5.56 Å². The molecule has 0 saturated carbocycles. The summed E-state index contributed by atoms with van der Waals surface area (Å²) in [5.41, 5.74) is 7.26. The van der Waals surface area contributed by atoms with Crippen LogP contribution in [0.25, 0.3) is 0 Å². The largest absolute Gasteiger partial charge is 0.398 e. The predicted molar refractivity (Wildman–Crippen MR) is 83.5 cm³/mol. The lowest BCUT2D eigenvalue weighted by atomic mass is 10.1. The van der Waals surface area contributed by atoms with Gasteiger partial charge in [0.2, 0.25) is 0 Å². The quantitative estimate of drug-likeness (QED) is 0.850. The van der Waals surface area contributed by atoms with Crippen molar-refractivity contribution in [1.82, 2.24) is 0 Å². The highest BCUT2D eigenvalue weighted by atomic mass is 32.2. The van der Waals surface area contributed by atoms with E-state index >= 15 is 0 Å². The van der Waals surface area contributed by atoms with Crippen LogP contribution in [0.5, 0.6) is 0 Å². The fraction of sp³-hybridized carbons (Fsp3) is 0.462. The molecule has 0 bridgehead atoms. The van der Waals surface area contributed by atoms with Crippen LogP contribution in [0.15, 0.2) is 18.2 Å². The number of benzene rings is 1. The van der Waals surface area contributed by atoms with Crippen LogP contribution in [0.2, 0.25) is 0 Å². The second kappa shape index (κ2) is 5.94. The molecule has 1 aromatic rings. The molecule has 1 unspecified atom stereocenters. The van der Waals surface area contributed by atoms with Crippen molar-refractivity contribution in [2.75, 3.05) is 34.4 Å². The average Bonchev–Trinajstić information content (AvgIpc) is 2.48. The van der Waals surface area contributed by atoms with Gasteiger partial charge < -0.3 is 10.6 Å². The van der Waals surface area contributed by atoms with Gasteiger partial charge in [-0.2, -0.15) is 17.0 Å². The predicted octanol–water partition coefficient (Wildman–Crippen LogP) is 1.45. The minimum atomic E-state index is -3.16. The molecular weight excluding hydrogens is 294 g/mol. The number of nitrogen functional groups attached to an aromatic ring is 1. The standard InChI is InChI=1S/C13H17N3O2S2/c1-2-20(17,18)13-9-19-6-5-16(13)11-3-4-12(15)10(7-11)8-14/h3-4,7,13H,2,5-6,9,15H2,1H3.